The van der Waals surface area contributed by atoms with Crippen LogP contribution in [0.1, 0.15) is 74.6 Å². The highest BCUT2D eigenvalue weighted by Crippen LogP contribution is 2.28. The fourth-order valence-corrected chi connectivity index (χ4v) is 8.53. The van der Waals surface area contributed by atoms with Crippen molar-refractivity contribution >= 4 is 41.4 Å². The lowest BCUT2D eigenvalue weighted by atomic mass is 9.99. The van der Waals surface area contributed by atoms with E-state index in [4.69, 9.17) is 4.74 Å². The summed E-state index contributed by atoms with van der Waals surface area (Å²) in [4.78, 5) is 102. The lowest BCUT2D eigenvalue weighted by Crippen LogP contribution is -2.62. The fourth-order valence-electron chi connectivity index (χ4n) is 8.53. The fraction of sp³-hybridized carbons (Fsp3) is 0.548. The Bertz CT molecular complexity index is 1850. The SMILES string of the molecule is Cc1cccc(CC(=O)N[C@@H](Cc2cccc(C)c2)C(=O)N[C@H]2COC(=O)[C@@H]3C[C@H](C)CN3C(=O)[C@H](C)NC(=O)[C@@H]3CCCCN3C(=O)[C@@H]3CCCN3C2=O)c1. The summed E-state index contributed by atoms with van der Waals surface area (Å²) in [5.74, 6) is -3.73. The molecule has 0 radical (unpaired) electrons. The number of nitrogens with one attached hydrogen (secondary N) is 3. The van der Waals surface area contributed by atoms with Crippen LogP contribution in [0.2, 0.25) is 0 Å². The van der Waals surface area contributed by atoms with Gasteiger partial charge >= 0.3 is 5.97 Å². The summed E-state index contributed by atoms with van der Waals surface area (Å²) < 4.78 is 5.77. The van der Waals surface area contributed by atoms with E-state index in [1.165, 1.54) is 14.7 Å². The number of rotatable bonds is 7. The average molecular weight is 771 g/mol. The molecule has 300 valence electrons. The van der Waals surface area contributed by atoms with Crippen LogP contribution in [0.4, 0.5) is 0 Å². The first kappa shape index (κ1) is 40.4. The molecule has 7 atom stereocenters. The van der Waals surface area contributed by atoms with Crippen LogP contribution in [-0.4, -0.2) is 119 Å². The van der Waals surface area contributed by atoms with E-state index >= 15 is 0 Å². The second-order valence-electron chi connectivity index (χ2n) is 16.0. The number of nitrogens with zero attached hydrogens (tertiary/aromatic N) is 3. The van der Waals surface area contributed by atoms with Crippen molar-refractivity contribution in [2.24, 2.45) is 5.92 Å². The van der Waals surface area contributed by atoms with Gasteiger partial charge in [-0.3, -0.25) is 28.8 Å². The summed E-state index contributed by atoms with van der Waals surface area (Å²) in [5.41, 5.74) is 3.52. The van der Waals surface area contributed by atoms with Crippen molar-refractivity contribution in [3.63, 3.8) is 0 Å². The number of piperidine rings is 1. The molecule has 4 saturated heterocycles. The lowest BCUT2D eigenvalue weighted by Gasteiger charge is -2.39. The summed E-state index contributed by atoms with van der Waals surface area (Å²) >= 11 is 0. The van der Waals surface area contributed by atoms with Gasteiger partial charge in [-0.15, -0.1) is 0 Å². The van der Waals surface area contributed by atoms with Gasteiger partial charge in [0.15, 0.2) is 0 Å². The van der Waals surface area contributed by atoms with Gasteiger partial charge in [0.1, 0.15) is 42.9 Å². The first-order valence-corrected chi connectivity index (χ1v) is 19.9. The minimum atomic E-state index is -1.41. The van der Waals surface area contributed by atoms with E-state index in [9.17, 15) is 33.6 Å². The molecule has 0 bridgehead atoms. The van der Waals surface area contributed by atoms with Crippen molar-refractivity contribution in [3.05, 3.63) is 70.8 Å². The van der Waals surface area contributed by atoms with Gasteiger partial charge in [0.05, 0.1) is 6.42 Å². The van der Waals surface area contributed by atoms with Crippen LogP contribution in [0.15, 0.2) is 48.5 Å². The van der Waals surface area contributed by atoms with Crippen LogP contribution in [0.5, 0.6) is 0 Å². The number of benzene rings is 2. The second kappa shape index (κ2) is 17.7. The molecule has 4 aliphatic heterocycles. The maximum atomic E-state index is 14.5. The molecule has 0 aromatic heterocycles. The first-order chi connectivity index (χ1) is 26.8. The van der Waals surface area contributed by atoms with Gasteiger partial charge in [-0.1, -0.05) is 66.6 Å². The van der Waals surface area contributed by atoms with E-state index in [2.05, 4.69) is 16.0 Å². The number of hydrogen-bond donors (Lipinski definition) is 3. The van der Waals surface area contributed by atoms with Crippen molar-refractivity contribution in [2.45, 2.75) is 115 Å². The largest absolute Gasteiger partial charge is 0.461 e. The van der Waals surface area contributed by atoms with Crippen LogP contribution in [0.25, 0.3) is 0 Å². The highest BCUT2D eigenvalue weighted by molar-refractivity contribution is 5.98. The molecule has 56 heavy (non-hydrogen) atoms. The topological polar surface area (TPSA) is 175 Å². The molecule has 0 saturated carbocycles. The summed E-state index contributed by atoms with van der Waals surface area (Å²) in [7, 11) is 0. The van der Waals surface area contributed by atoms with E-state index in [-0.39, 0.29) is 43.7 Å². The zero-order chi connectivity index (χ0) is 40.1. The Labute approximate surface area is 328 Å². The zero-order valence-corrected chi connectivity index (χ0v) is 32.8. The van der Waals surface area contributed by atoms with Gasteiger partial charge in [-0.2, -0.15) is 0 Å². The van der Waals surface area contributed by atoms with Crippen molar-refractivity contribution in [1.29, 1.82) is 0 Å². The number of aryl methyl sites for hydroxylation is 2. The van der Waals surface area contributed by atoms with Crippen LogP contribution >= 0.6 is 0 Å². The Morgan fingerprint density at radius 1 is 0.804 bits per heavy atom. The smallest absolute Gasteiger partial charge is 0.328 e. The minimum absolute atomic E-state index is 0.0278. The Balaban J connectivity index is 1.30. The summed E-state index contributed by atoms with van der Waals surface area (Å²) in [6.07, 6.45) is 3.14. The van der Waals surface area contributed by atoms with E-state index in [0.717, 1.165) is 22.3 Å². The van der Waals surface area contributed by atoms with Gasteiger partial charge in [0.25, 0.3) is 0 Å². The molecule has 6 rings (SSSR count). The van der Waals surface area contributed by atoms with Gasteiger partial charge in [-0.05, 0) is 76.3 Å². The van der Waals surface area contributed by atoms with E-state index in [1.807, 2.05) is 69.3 Å². The quantitative estimate of drug-likeness (QED) is 0.357. The van der Waals surface area contributed by atoms with Crippen LogP contribution in [0, 0.1) is 19.8 Å². The lowest BCUT2D eigenvalue weighted by molar-refractivity contribution is -0.158. The third-order valence-electron chi connectivity index (χ3n) is 11.3. The maximum Gasteiger partial charge on any atom is 0.328 e. The van der Waals surface area contributed by atoms with Gasteiger partial charge in [0, 0.05) is 26.1 Å². The summed E-state index contributed by atoms with van der Waals surface area (Å²) in [6.45, 7) is 7.59. The van der Waals surface area contributed by atoms with Gasteiger partial charge in [0.2, 0.25) is 35.4 Å². The summed E-state index contributed by atoms with van der Waals surface area (Å²) in [6, 6.07) is 8.90. The Kier molecular flexibility index (Phi) is 12.8. The molecule has 14 heteroatoms. The van der Waals surface area contributed by atoms with E-state index in [0.29, 0.717) is 45.1 Å². The molecule has 2 aromatic carbocycles. The molecule has 14 nitrogen and oxygen atoms in total. The minimum Gasteiger partial charge on any atom is -0.461 e. The van der Waals surface area contributed by atoms with E-state index in [1.54, 1.807) is 6.92 Å². The second-order valence-corrected chi connectivity index (χ2v) is 16.0. The number of hydrogen-bond acceptors (Lipinski definition) is 8. The molecular weight excluding hydrogens is 716 g/mol. The van der Waals surface area contributed by atoms with Crippen molar-refractivity contribution in [1.82, 2.24) is 30.7 Å². The third kappa shape index (κ3) is 9.39. The highest BCUT2D eigenvalue weighted by Gasteiger charge is 2.46. The third-order valence-corrected chi connectivity index (χ3v) is 11.3. The molecule has 4 aliphatic rings. The molecular formula is C42H54N6O8. The van der Waals surface area contributed by atoms with Crippen LogP contribution in [-0.2, 0) is 51.1 Å². The number of amides is 6. The average Bonchev–Trinajstić information content (AvgIpc) is 3.82. The molecule has 3 N–H and O–H groups in total. The van der Waals surface area contributed by atoms with E-state index < -0.39 is 72.5 Å². The highest BCUT2D eigenvalue weighted by atomic mass is 16.5. The van der Waals surface area contributed by atoms with Crippen molar-refractivity contribution in [2.75, 3.05) is 26.2 Å². The molecule has 0 spiro atoms. The molecule has 4 fully saturated rings. The van der Waals surface area contributed by atoms with Gasteiger partial charge in [-0.25, -0.2) is 4.79 Å². The predicted octanol–water partition coefficient (Wildman–Crippen LogP) is 1.73. The Morgan fingerprint density at radius 2 is 1.46 bits per heavy atom. The molecule has 6 amide bonds. The monoisotopic (exact) mass is 770 g/mol. The first-order valence-electron chi connectivity index (χ1n) is 19.9. The normalized spacial score (nSPS) is 26.8. The molecule has 0 unspecified atom stereocenters. The predicted molar refractivity (Wildman–Crippen MR) is 206 cm³/mol. The number of carbonyl (C=O) groups is 7. The van der Waals surface area contributed by atoms with Crippen LogP contribution in [0.3, 0.4) is 0 Å². The Hall–Kier alpha value is -5.27. The van der Waals surface area contributed by atoms with Crippen molar-refractivity contribution < 1.29 is 38.3 Å². The molecule has 2 aromatic rings. The number of esters is 1. The number of carbonyl (C=O) groups excluding carboxylic acids is 7. The zero-order valence-electron chi connectivity index (χ0n) is 32.8. The molecule has 4 heterocycles. The van der Waals surface area contributed by atoms with Crippen molar-refractivity contribution in [3.8, 4) is 0 Å². The number of fused-ring (bicyclic) bond motifs is 3. The maximum absolute atomic E-state index is 14.5. The van der Waals surface area contributed by atoms with Crippen LogP contribution < -0.4 is 16.0 Å². The standard InChI is InChI=1S/C42H54N6O8/c1-25-10-7-12-29(18-25)21-31(44-36(49)22-30-13-8-11-26(2)19-30)37(50)45-32-24-56-42(55)35-20-27(3)23-48(35)39(52)28(4)43-38(51)33-14-5-6-16-46(33)41(54)34-15-9-17-47(34)40(32)53/h7-8,10-13,18-19,27-28,31-35H,5-6,9,14-17,20-24H2,1-4H3,(H,43,51)(H,44,49)(H,45,50)/t27-,28-,31-,32-,33-,34-,35-/m0/s1. The number of ether oxygens (including phenoxy) is 1. The number of cyclic esters (lactones) is 1. The summed E-state index contributed by atoms with van der Waals surface area (Å²) in [5, 5.41) is 8.45. The molecule has 0 aliphatic carbocycles. The van der Waals surface area contributed by atoms with Gasteiger partial charge < -0.3 is 35.4 Å². The Morgan fingerprint density at radius 3 is 2.20 bits per heavy atom.